The third-order valence-corrected chi connectivity index (χ3v) is 2.36. The fourth-order valence-electron chi connectivity index (χ4n) is 1.36. The summed E-state index contributed by atoms with van der Waals surface area (Å²) >= 11 is 5.78. The Hall–Kier alpha value is -2.08. The molecule has 0 aliphatic rings. The van der Waals surface area contributed by atoms with Crippen LogP contribution in [0.1, 0.15) is 22.1 Å². The van der Waals surface area contributed by atoms with E-state index in [1.807, 2.05) is 0 Å². The molecule has 2 N–H and O–H groups in total. The molecular formula is C11H10ClN3O3. The lowest BCUT2D eigenvalue weighted by molar-refractivity contribution is 0.0995. The van der Waals surface area contributed by atoms with Gasteiger partial charge in [0, 0.05) is 5.02 Å². The van der Waals surface area contributed by atoms with Gasteiger partial charge in [0.25, 0.3) is 11.8 Å². The first kappa shape index (κ1) is 12.4. The second kappa shape index (κ2) is 5.05. The van der Waals surface area contributed by atoms with E-state index in [1.165, 1.54) is 6.07 Å². The Morgan fingerprint density at radius 1 is 1.56 bits per heavy atom. The number of ether oxygens (including phenoxy) is 1. The molecule has 18 heavy (non-hydrogen) atoms. The number of carbonyl (C=O) groups is 1. The monoisotopic (exact) mass is 267 g/mol. The highest BCUT2D eigenvalue weighted by atomic mass is 35.5. The van der Waals surface area contributed by atoms with Crippen molar-refractivity contribution in [2.24, 2.45) is 5.73 Å². The smallest absolute Gasteiger partial charge is 0.264 e. The zero-order chi connectivity index (χ0) is 13.1. The molecular weight excluding hydrogens is 258 g/mol. The van der Waals surface area contributed by atoms with Gasteiger partial charge >= 0.3 is 0 Å². The van der Waals surface area contributed by atoms with E-state index < -0.39 is 5.91 Å². The summed E-state index contributed by atoms with van der Waals surface area (Å²) in [5, 5.41) is 4.03. The number of carbonyl (C=O) groups excluding carboxylic acids is 1. The number of amides is 1. The maximum absolute atomic E-state index is 11.2. The molecule has 6 nitrogen and oxygen atoms in total. The predicted octanol–water partition coefficient (Wildman–Crippen LogP) is 1.71. The normalized spacial score (nSPS) is 10.3. The molecule has 0 bridgehead atoms. The molecule has 0 radical (unpaired) electrons. The topological polar surface area (TPSA) is 91.2 Å². The maximum atomic E-state index is 11.2. The Labute approximate surface area is 108 Å². The van der Waals surface area contributed by atoms with Gasteiger partial charge in [-0.15, -0.1) is 0 Å². The first-order valence-corrected chi connectivity index (χ1v) is 5.45. The van der Waals surface area contributed by atoms with Crippen LogP contribution >= 0.6 is 11.6 Å². The lowest BCUT2D eigenvalue weighted by Gasteiger charge is -2.07. The molecule has 1 amide bonds. The van der Waals surface area contributed by atoms with Crippen molar-refractivity contribution in [3.05, 3.63) is 40.5 Å². The van der Waals surface area contributed by atoms with Crippen LogP contribution in [0.25, 0.3) is 0 Å². The lowest BCUT2D eigenvalue weighted by atomic mass is 10.2. The van der Waals surface area contributed by atoms with Crippen LogP contribution in [0.4, 0.5) is 0 Å². The number of nitrogens with two attached hydrogens (primary N) is 1. The molecule has 94 valence electrons. The number of aromatic nitrogens is 2. The molecule has 1 aromatic heterocycles. The van der Waals surface area contributed by atoms with Gasteiger partial charge in [0.05, 0.1) is 5.56 Å². The van der Waals surface area contributed by atoms with Crippen LogP contribution in [0, 0.1) is 6.92 Å². The first-order chi connectivity index (χ1) is 8.56. The molecule has 0 aliphatic heterocycles. The maximum Gasteiger partial charge on any atom is 0.264 e. The van der Waals surface area contributed by atoms with Crippen LogP contribution in [-0.4, -0.2) is 16.0 Å². The number of rotatable bonds is 4. The highest BCUT2D eigenvalue weighted by Gasteiger charge is 2.11. The summed E-state index contributed by atoms with van der Waals surface area (Å²) in [6, 6.07) is 4.60. The molecule has 2 aromatic rings. The van der Waals surface area contributed by atoms with Crippen molar-refractivity contribution in [3.63, 3.8) is 0 Å². The minimum absolute atomic E-state index is 0.0583. The summed E-state index contributed by atoms with van der Waals surface area (Å²) in [5.74, 6) is 0.537. The predicted molar refractivity (Wildman–Crippen MR) is 63.3 cm³/mol. The zero-order valence-electron chi connectivity index (χ0n) is 9.51. The van der Waals surface area contributed by atoms with Crippen molar-refractivity contribution in [1.82, 2.24) is 10.1 Å². The molecule has 0 atom stereocenters. The van der Waals surface area contributed by atoms with Crippen LogP contribution in [0.5, 0.6) is 5.75 Å². The quantitative estimate of drug-likeness (QED) is 0.910. The van der Waals surface area contributed by atoms with Crippen molar-refractivity contribution in [1.29, 1.82) is 0 Å². The molecule has 2 rings (SSSR count). The number of nitrogens with zero attached hydrogens (tertiary/aromatic N) is 2. The highest BCUT2D eigenvalue weighted by Crippen LogP contribution is 2.23. The van der Waals surface area contributed by atoms with Crippen molar-refractivity contribution in [2.45, 2.75) is 13.5 Å². The molecule has 0 spiro atoms. The number of halogens is 1. The van der Waals surface area contributed by atoms with E-state index in [1.54, 1.807) is 19.1 Å². The van der Waals surface area contributed by atoms with E-state index in [-0.39, 0.29) is 12.2 Å². The van der Waals surface area contributed by atoms with Gasteiger partial charge in [-0.05, 0) is 25.1 Å². The Morgan fingerprint density at radius 2 is 2.33 bits per heavy atom. The number of primary amides is 1. The van der Waals surface area contributed by atoms with E-state index in [0.717, 1.165) is 0 Å². The van der Waals surface area contributed by atoms with Gasteiger partial charge in [-0.1, -0.05) is 16.8 Å². The largest absolute Gasteiger partial charge is 0.483 e. The van der Waals surface area contributed by atoms with E-state index in [0.29, 0.717) is 22.5 Å². The SMILES string of the molecule is Cc1noc(COc2ccc(Cl)cc2C(N)=O)n1. The third-order valence-electron chi connectivity index (χ3n) is 2.13. The standard InChI is InChI=1S/C11H10ClN3O3/c1-6-14-10(18-15-6)5-17-9-3-2-7(12)4-8(9)11(13)16/h2-4H,5H2,1H3,(H2,13,16). The van der Waals surface area contributed by atoms with Crippen molar-refractivity contribution < 1.29 is 14.1 Å². The van der Waals surface area contributed by atoms with Crippen LogP contribution in [0.15, 0.2) is 22.7 Å². The van der Waals surface area contributed by atoms with Crippen molar-refractivity contribution in [3.8, 4) is 5.75 Å². The average Bonchev–Trinajstić information content (AvgIpc) is 2.73. The summed E-state index contributed by atoms with van der Waals surface area (Å²) < 4.78 is 10.3. The van der Waals surface area contributed by atoms with Crippen molar-refractivity contribution >= 4 is 17.5 Å². The van der Waals surface area contributed by atoms with Crippen LogP contribution in [0.2, 0.25) is 5.02 Å². The van der Waals surface area contributed by atoms with Gasteiger partial charge in [0.15, 0.2) is 12.4 Å². The molecule has 1 aromatic carbocycles. The number of hydrogen-bond donors (Lipinski definition) is 1. The minimum atomic E-state index is -0.616. The molecule has 0 saturated heterocycles. The van der Waals surface area contributed by atoms with E-state index in [9.17, 15) is 4.79 Å². The summed E-state index contributed by atoms with van der Waals surface area (Å²) in [7, 11) is 0. The first-order valence-electron chi connectivity index (χ1n) is 5.07. The zero-order valence-corrected chi connectivity index (χ0v) is 10.3. The second-order valence-electron chi connectivity index (χ2n) is 3.53. The number of aryl methyl sites for hydroxylation is 1. The van der Waals surface area contributed by atoms with Crippen LogP contribution in [-0.2, 0) is 6.61 Å². The molecule has 1 heterocycles. The fraction of sp³-hybridized carbons (Fsp3) is 0.182. The van der Waals surface area contributed by atoms with Gasteiger partial charge < -0.3 is 15.0 Å². The van der Waals surface area contributed by atoms with E-state index >= 15 is 0 Å². The van der Waals surface area contributed by atoms with Gasteiger partial charge in [-0.2, -0.15) is 4.98 Å². The van der Waals surface area contributed by atoms with E-state index in [4.69, 9.17) is 26.6 Å². The Bertz CT molecular complexity index is 583. The summed E-state index contributed by atoms with van der Waals surface area (Å²) in [6.07, 6.45) is 0. The molecule has 0 aliphatic carbocycles. The van der Waals surface area contributed by atoms with Gasteiger partial charge in [0.1, 0.15) is 5.75 Å². The van der Waals surface area contributed by atoms with E-state index in [2.05, 4.69) is 10.1 Å². The number of benzene rings is 1. The fourth-order valence-corrected chi connectivity index (χ4v) is 1.53. The Morgan fingerprint density at radius 3 is 2.94 bits per heavy atom. The van der Waals surface area contributed by atoms with Crippen molar-refractivity contribution in [2.75, 3.05) is 0 Å². The lowest BCUT2D eigenvalue weighted by Crippen LogP contribution is -2.13. The molecule has 0 fully saturated rings. The molecule has 7 heteroatoms. The second-order valence-corrected chi connectivity index (χ2v) is 3.97. The summed E-state index contributed by atoms with van der Waals surface area (Å²) in [6.45, 7) is 1.76. The van der Waals surface area contributed by atoms with Gasteiger partial charge in [0.2, 0.25) is 0 Å². The Kier molecular flexibility index (Phi) is 3.47. The summed E-state index contributed by atoms with van der Waals surface area (Å²) in [5.41, 5.74) is 5.43. The van der Waals surface area contributed by atoms with Crippen LogP contribution < -0.4 is 10.5 Å². The molecule has 0 unspecified atom stereocenters. The minimum Gasteiger partial charge on any atom is -0.483 e. The average molecular weight is 268 g/mol. The van der Waals surface area contributed by atoms with Gasteiger partial charge in [-0.3, -0.25) is 4.79 Å². The van der Waals surface area contributed by atoms with Crippen LogP contribution in [0.3, 0.4) is 0 Å². The Balaban J connectivity index is 2.16. The van der Waals surface area contributed by atoms with Gasteiger partial charge in [-0.25, -0.2) is 0 Å². The molecule has 0 saturated carbocycles. The number of hydrogen-bond acceptors (Lipinski definition) is 5. The third kappa shape index (κ3) is 2.78. The highest BCUT2D eigenvalue weighted by molar-refractivity contribution is 6.31. The summed E-state index contributed by atoms with van der Waals surface area (Å²) in [4.78, 5) is 15.2.